The average Bonchev–Trinajstić information content (AvgIpc) is 2.58. The molecular formula is C19H24N2O4. The zero-order chi connectivity index (χ0) is 17.6. The third kappa shape index (κ3) is 3.03. The molecule has 0 aromatic heterocycles. The molecule has 134 valence electrons. The summed E-state index contributed by atoms with van der Waals surface area (Å²) in [6, 6.07) is 5.83. The van der Waals surface area contributed by atoms with Gasteiger partial charge in [0.05, 0.1) is 11.0 Å². The van der Waals surface area contributed by atoms with Gasteiger partial charge in [-0.1, -0.05) is 0 Å². The van der Waals surface area contributed by atoms with E-state index >= 15 is 0 Å². The first-order chi connectivity index (χ1) is 11.9. The summed E-state index contributed by atoms with van der Waals surface area (Å²) in [4.78, 5) is 23.1. The predicted molar refractivity (Wildman–Crippen MR) is 91.7 cm³/mol. The van der Waals surface area contributed by atoms with Crippen LogP contribution in [-0.4, -0.2) is 22.5 Å². The average molecular weight is 344 g/mol. The van der Waals surface area contributed by atoms with Gasteiger partial charge in [0.15, 0.2) is 0 Å². The van der Waals surface area contributed by atoms with E-state index in [9.17, 15) is 20.0 Å². The maximum atomic E-state index is 12.9. The second-order valence-corrected chi connectivity index (χ2v) is 8.27. The summed E-state index contributed by atoms with van der Waals surface area (Å²) < 4.78 is 0. The minimum Gasteiger partial charge on any atom is -0.387 e. The van der Waals surface area contributed by atoms with E-state index in [1.165, 1.54) is 31.4 Å². The summed E-state index contributed by atoms with van der Waals surface area (Å²) in [6.07, 6.45) is 6.02. The molecular weight excluding hydrogens is 320 g/mol. The number of carbonyl (C=O) groups is 1. The first-order valence-corrected chi connectivity index (χ1v) is 9.16. The summed E-state index contributed by atoms with van der Waals surface area (Å²) in [5, 5.41) is 23.9. The molecule has 5 rings (SSSR count). The Labute approximate surface area is 146 Å². The topological polar surface area (TPSA) is 92.5 Å². The molecule has 0 spiro atoms. The van der Waals surface area contributed by atoms with Gasteiger partial charge < -0.3 is 10.4 Å². The highest BCUT2D eigenvalue weighted by Crippen LogP contribution is 2.60. The van der Waals surface area contributed by atoms with Crippen molar-refractivity contribution in [2.24, 2.45) is 23.2 Å². The summed E-state index contributed by atoms with van der Waals surface area (Å²) >= 11 is 0. The highest BCUT2D eigenvalue weighted by molar-refractivity contribution is 5.83. The number of hydrogen-bond acceptors (Lipinski definition) is 4. The van der Waals surface area contributed by atoms with E-state index in [2.05, 4.69) is 5.32 Å². The van der Waals surface area contributed by atoms with Gasteiger partial charge >= 0.3 is 0 Å². The van der Waals surface area contributed by atoms with Crippen LogP contribution in [0.3, 0.4) is 0 Å². The van der Waals surface area contributed by atoms with Crippen LogP contribution in [0.25, 0.3) is 0 Å². The van der Waals surface area contributed by atoms with Crippen LogP contribution in [0.5, 0.6) is 0 Å². The number of amides is 1. The number of non-ortho nitro benzene ring substituents is 1. The summed E-state index contributed by atoms with van der Waals surface area (Å²) in [7, 11) is 0. The fourth-order valence-corrected chi connectivity index (χ4v) is 5.70. The van der Waals surface area contributed by atoms with Crippen molar-refractivity contribution in [2.75, 3.05) is 6.54 Å². The Morgan fingerprint density at radius 3 is 2.16 bits per heavy atom. The number of nitrogens with one attached hydrogen (secondary N) is 1. The molecule has 6 heteroatoms. The molecule has 2 N–H and O–H groups in total. The van der Waals surface area contributed by atoms with Gasteiger partial charge in [0.25, 0.3) is 5.69 Å². The van der Waals surface area contributed by atoms with Crippen molar-refractivity contribution in [3.8, 4) is 0 Å². The quantitative estimate of drug-likeness (QED) is 0.634. The second kappa shape index (κ2) is 6.09. The van der Waals surface area contributed by atoms with Gasteiger partial charge in [-0.05, 0) is 74.0 Å². The molecule has 1 aromatic carbocycles. The van der Waals surface area contributed by atoms with Gasteiger partial charge in [-0.2, -0.15) is 0 Å². The van der Waals surface area contributed by atoms with Crippen LogP contribution >= 0.6 is 0 Å². The number of nitrogens with zero attached hydrogens (tertiary/aromatic N) is 1. The highest BCUT2D eigenvalue weighted by atomic mass is 16.6. The molecule has 1 atom stereocenters. The van der Waals surface area contributed by atoms with E-state index in [-0.39, 0.29) is 23.6 Å². The van der Waals surface area contributed by atoms with Crippen LogP contribution in [0.4, 0.5) is 5.69 Å². The molecule has 1 aromatic rings. The minimum absolute atomic E-state index is 0.00597. The number of nitro benzene ring substituents is 1. The van der Waals surface area contributed by atoms with E-state index in [0.29, 0.717) is 23.3 Å². The van der Waals surface area contributed by atoms with Gasteiger partial charge in [-0.3, -0.25) is 14.9 Å². The first kappa shape index (κ1) is 16.5. The Morgan fingerprint density at radius 1 is 1.16 bits per heavy atom. The van der Waals surface area contributed by atoms with Crippen LogP contribution in [0, 0.1) is 33.3 Å². The smallest absolute Gasteiger partial charge is 0.269 e. The van der Waals surface area contributed by atoms with Crippen molar-refractivity contribution in [1.82, 2.24) is 5.32 Å². The SMILES string of the molecule is O=C(NCC(O)c1ccc([N+](=O)[O-])cc1)C12CC3CC(CC(C3)C1)C2. The van der Waals surface area contributed by atoms with E-state index < -0.39 is 11.0 Å². The Kier molecular flexibility index (Phi) is 4.02. The molecule has 4 fully saturated rings. The lowest BCUT2D eigenvalue weighted by molar-refractivity contribution is -0.384. The molecule has 4 bridgehead atoms. The molecule has 4 aliphatic rings. The fourth-order valence-electron chi connectivity index (χ4n) is 5.70. The van der Waals surface area contributed by atoms with Crippen molar-refractivity contribution in [1.29, 1.82) is 0 Å². The number of nitro groups is 1. The van der Waals surface area contributed by atoms with Crippen molar-refractivity contribution >= 4 is 11.6 Å². The third-order valence-corrected chi connectivity index (χ3v) is 6.46. The van der Waals surface area contributed by atoms with Crippen LogP contribution in [0.2, 0.25) is 0 Å². The Morgan fingerprint density at radius 2 is 1.68 bits per heavy atom. The maximum absolute atomic E-state index is 12.9. The van der Waals surface area contributed by atoms with Crippen molar-refractivity contribution < 1.29 is 14.8 Å². The number of hydrogen-bond donors (Lipinski definition) is 2. The zero-order valence-corrected chi connectivity index (χ0v) is 14.2. The van der Waals surface area contributed by atoms with Crippen molar-refractivity contribution in [3.63, 3.8) is 0 Å². The summed E-state index contributed by atoms with van der Waals surface area (Å²) in [5.41, 5.74) is 0.356. The van der Waals surface area contributed by atoms with Crippen molar-refractivity contribution in [3.05, 3.63) is 39.9 Å². The van der Waals surface area contributed by atoms with E-state index in [1.807, 2.05) is 0 Å². The third-order valence-electron chi connectivity index (χ3n) is 6.46. The number of rotatable bonds is 5. The molecule has 1 amide bonds. The fraction of sp³-hybridized carbons (Fsp3) is 0.632. The molecule has 6 nitrogen and oxygen atoms in total. The molecule has 25 heavy (non-hydrogen) atoms. The zero-order valence-electron chi connectivity index (χ0n) is 14.2. The monoisotopic (exact) mass is 344 g/mol. The largest absolute Gasteiger partial charge is 0.387 e. The van der Waals surface area contributed by atoms with Crippen LogP contribution in [-0.2, 0) is 4.79 Å². The summed E-state index contributed by atoms with van der Waals surface area (Å²) in [5.74, 6) is 2.21. The summed E-state index contributed by atoms with van der Waals surface area (Å²) in [6.45, 7) is 0.151. The molecule has 4 aliphatic carbocycles. The number of carbonyl (C=O) groups excluding carboxylic acids is 1. The van der Waals surface area contributed by atoms with Gasteiger partial charge in [0.2, 0.25) is 5.91 Å². The molecule has 1 unspecified atom stereocenters. The Balaban J connectivity index is 1.38. The van der Waals surface area contributed by atoms with Gasteiger partial charge in [-0.25, -0.2) is 0 Å². The number of aliphatic hydroxyl groups is 1. The maximum Gasteiger partial charge on any atom is 0.269 e. The predicted octanol–water partition coefficient (Wildman–Crippen LogP) is 2.96. The molecule has 0 heterocycles. The first-order valence-electron chi connectivity index (χ1n) is 9.16. The normalized spacial score (nSPS) is 33.9. The molecule has 0 saturated heterocycles. The second-order valence-electron chi connectivity index (χ2n) is 8.27. The van der Waals surface area contributed by atoms with Gasteiger partial charge in [-0.15, -0.1) is 0 Å². The van der Waals surface area contributed by atoms with Crippen LogP contribution in [0.15, 0.2) is 24.3 Å². The lowest BCUT2D eigenvalue weighted by Gasteiger charge is -2.55. The van der Waals surface area contributed by atoms with Gasteiger partial charge in [0.1, 0.15) is 0 Å². The standard InChI is InChI=1S/C19H24N2O4/c22-17(15-1-3-16(4-2-15)21(24)25)11-20-18(23)19-8-12-5-13(9-19)7-14(6-12)10-19/h1-4,12-14,17,22H,5-11H2,(H,20,23). The van der Waals surface area contributed by atoms with Crippen LogP contribution in [0.1, 0.15) is 50.2 Å². The lowest BCUT2D eigenvalue weighted by atomic mass is 9.49. The number of aliphatic hydroxyl groups excluding tert-OH is 1. The number of benzene rings is 1. The molecule has 0 radical (unpaired) electrons. The minimum atomic E-state index is -0.848. The van der Waals surface area contributed by atoms with Crippen molar-refractivity contribution in [2.45, 2.75) is 44.6 Å². The molecule has 4 saturated carbocycles. The Bertz CT molecular complexity index is 650. The van der Waals surface area contributed by atoms with E-state index in [0.717, 1.165) is 19.3 Å². The van der Waals surface area contributed by atoms with E-state index in [4.69, 9.17) is 0 Å². The van der Waals surface area contributed by atoms with Gasteiger partial charge in [0, 0.05) is 24.1 Å². The lowest BCUT2D eigenvalue weighted by Crippen LogP contribution is -2.54. The molecule has 0 aliphatic heterocycles. The van der Waals surface area contributed by atoms with E-state index in [1.54, 1.807) is 12.1 Å². The van der Waals surface area contributed by atoms with Crippen LogP contribution < -0.4 is 5.32 Å². The highest BCUT2D eigenvalue weighted by Gasteiger charge is 2.54. The Hall–Kier alpha value is -1.95.